The van der Waals surface area contributed by atoms with Gasteiger partial charge >= 0.3 is 0 Å². The fourth-order valence-electron chi connectivity index (χ4n) is 1.91. The predicted octanol–water partition coefficient (Wildman–Crippen LogP) is 2.49. The Labute approximate surface area is 140 Å². The van der Waals surface area contributed by atoms with Gasteiger partial charge in [-0.1, -0.05) is 59.2 Å². The molecule has 0 saturated heterocycles. The van der Waals surface area contributed by atoms with E-state index in [9.17, 15) is 4.79 Å². The monoisotopic (exact) mass is 331 g/mol. The molecule has 0 bridgehead atoms. The second-order valence-electron chi connectivity index (χ2n) is 4.93. The van der Waals surface area contributed by atoms with Crippen molar-refractivity contribution in [2.75, 3.05) is 6.61 Å². The summed E-state index contributed by atoms with van der Waals surface area (Å²) in [5.74, 6) is 0.0417. The highest BCUT2D eigenvalue weighted by atomic mass is 35.5. The summed E-state index contributed by atoms with van der Waals surface area (Å²) in [4.78, 5) is 16.6. The molecule has 5 nitrogen and oxygen atoms in total. The van der Waals surface area contributed by atoms with E-state index in [1.54, 1.807) is 12.1 Å². The Hall–Kier alpha value is -2.53. The highest BCUT2D eigenvalue weighted by Crippen LogP contribution is 2.10. The SMILES string of the molecule is N/C(Cc1ccccc1)=N\OCC(=O)NCc1cccc(Cl)c1. The zero-order valence-corrected chi connectivity index (χ0v) is 13.3. The lowest BCUT2D eigenvalue weighted by molar-refractivity contribution is -0.125. The molecule has 0 aliphatic rings. The number of nitrogens with zero attached hydrogens (tertiary/aromatic N) is 1. The molecule has 6 heteroatoms. The van der Waals surface area contributed by atoms with E-state index in [4.69, 9.17) is 22.2 Å². The quantitative estimate of drug-likeness (QED) is 0.465. The third-order valence-electron chi connectivity index (χ3n) is 2.98. The van der Waals surface area contributed by atoms with Crippen LogP contribution >= 0.6 is 11.6 Å². The standard InChI is InChI=1S/C17H18ClN3O2/c18-15-8-4-7-14(9-15)11-20-17(22)12-23-21-16(19)10-13-5-2-1-3-6-13/h1-9H,10-12H2,(H2,19,21)(H,20,22). The largest absolute Gasteiger partial charge is 0.384 e. The molecule has 0 atom stereocenters. The minimum Gasteiger partial charge on any atom is -0.384 e. The van der Waals surface area contributed by atoms with Crippen LogP contribution in [-0.4, -0.2) is 18.3 Å². The number of nitrogens with two attached hydrogens (primary N) is 1. The van der Waals surface area contributed by atoms with Crippen molar-refractivity contribution in [3.63, 3.8) is 0 Å². The molecule has 2 aromatic rings. The van der Waals surface area contributed by atoms with Gasteiger partial charge in [-0.2, -0.15) is 0 Å². The Kier molecular flexibility index (Phi) is 6.44. The van der Waals surface area contributed by atoms with Crippen LogP contribution in [0, 0.1) is 0 Å². The van der Waals surface area contributed by atoms with E-state index in [1.807, 2.05) is 42.5 Å². The summed E-state index contributed by atoms with van der Waals surface area (Å²) in [6.45, 7) is 0.196. The number of rotatable bonds is 7. The van der Waals surface area contributed by atoms with Crippen LogP contribution in [0.5, 0.6) is 0 Å². The van der Waals surface area contributed by atoms with Gasteiger partial charge in [-0.15, -0.1) is 0 Å². The van der Waals surface area contributed by atoms with Crippen molar-refractivity contribution in [3.05, 3.63) is 70.7 Å². The molecule has 0 radical (unpaired) electrons. The molecule has 0 unspecified atom stereocenters. The molecule has 0 aromatic heterocycles. The summed E-state index contributed by atoms with van der Waals surface area (Å²) in [7, 11) is 0. The van der Waals surface area contributed by atoms with Crippen LogP contribution in [0.25, 0.3) is 0 Å². The van der Waals surface area contributed by atoms with Crippen LogP contribution in [-0.2, 0) is 22.6 Å². The summed E-state index contributed by atoms with van der Waals surface area (Å²) in [6.07, 6.45) is 0.477. The van der Waals surface area contributed by atoms with Gasteiger partial charge in [-0.25, -0.2) is 0 Å². The first-order chi connectivity index (χ1) is 11.1. The van der Waals surface area contributed by atoms with Gasteiger partial charge in [-0.05, 0) is 23.3 Å². The maximum absolute atomic E-state index is 11.7. The summed E-state index contributed by atoms with van der Waals surface area (Å²) in [6, 6.07) is 16.9. The molecule has 2 aromatic carbocycles. The first-order valence-corrected chi connectivity index (χ1v) is 7.50. The number of carbonyl (C=O) groups excluding carboxylic acids is 1. The van der Waals surface area contributed by atoms with Crippen molar-refractivity contribution in [1.82, 2.24) is 5.32 Å². The van der Waals surface area contributed by atoms with Crippen molar-refractivity contribution in [1.29, 1.82) is 0 Å². The molecule has 0 saturated carbocycles. The number of amides is 1. The van der Waals surface area contributed by atoms with Gasteiger partial charge in [0.05, 0.1) is 0 Å². The molecular weight excluding hydrogens is 314 g/mol. The summed E-state index contributed by atoms with van der Waals surface area (Å²) in [5, 5.41) is 7.09. The first-order valence-electron chi connectivity index (χ1n) is 7.13. The maximum atomic E-state index is 11.7. The first kappa shape index (κ1) is 16.8. The number of oxime groups is 1. The third kappa shape index (κ3) is 6.40. The summed E-state index contributed by atoms with van der Waals surface area (Å²) >= 11 is 5.88. The van der Waals surface area contributed by atoms with Crippen molar-refractivity contribution < 1.29 is 9.63 Å². The van der Waals surface area contributed by atoms with Crippen molar-refractivity contribution >= 4 is 23.3 Å². The number of benzene rings is 2. The second kappa shape index (κ2) is 8.80. The van der Waals surface area contributed by atoms with E-state index >= 15 is 0 Å². The highest BCUT2D eigenvalue weighted by Gasteiger charge is 2.03. The zero-order chi connectivity index (χ0) is 16.5. The van der Waals surface area contributed by atoms with Crippen LogP contribution < -0.4 is 11.1 Å². The number of nitrogens with one attached hydrogen (secondary N) is 1. The summed E-state index contributed by atoms with van der Waals surface area (Å²) in [5.41, 5.74) is 7.70. The Morgan fingerprint density at radius 1 is 1.13 bits per heavy atom. The van der Waals surface area contributed by atoms with E-state index < -0.39 is 0 Å². The van der Waals surface area contributed by atoms with E-state index in [2.05, 4.69) is 10.5 Å². The van der Waals surface area contributed by atoms with Crippen LogP contribution in [0.1, 0.15) is 11.1 Å². The molecule has 2 rings (SSSR count). The van der Waals surface area contributed by atoms with Crippen LogP contribution in [0.15, 0.2) is 59.8 Å². The number of amidine groups is 1. The van der Waals surface area contributed by atoms with Crippen LogP contribution in [0.3, 0.4) is 0 Å². The van der Waals surface area contributed by atoms with Crippen molar-refractivity contribution in [2.45, 2.75) is 13.0 Å². The van der Waals surface area contributed by atoms with Gasteiger partial charge in [0.25, 0.3) is 5.91 Å². The topological polar surface area (TPSA) is 76.7 Å². The number of carbonyl (C=O) groups is 1. The lowest BCUT2D eigenvalue weighted by Gasteiger charge is -2.05. The molecule has 0 heterocycles. The molecule has 0 spiro atoms. The van der Waals surface area contributed by atoms with Crippen LogP contribution in [0.2, 0.25) is 5.02 Å². The number of hydrogen-bond donors (Lipinski definition) is 2. The molecule has 0 aliphatic heterocycles. The molecule has 23 heavy (non-hydrogen) atoms. The Bertz CT molecular complexity index is 675. The minimum atomic E-state index is -0.277. The Morgan fingerprint density at radius 3 is 2.61 bits per heavy atom. The number of hydrogen-bond acceptors (Lipinski definition) is 3. The van der Waals surface area contributed by atoms with Gasteiger partial charge in [0.1, 0.15) is 5.84 Å². The smallest absolute Gasteiger partial charge is 0.261 e. The Balaban J connectivity index is 1.70. The van der Waals surface area contributed by atoms with Gasteiger partial charge in [0, 0.05) is 18.0 Å². The van der Waals surface area contributed by atoms with Crippen molar-refractivity contribution in [3.8, 4) is 0 Å². The Morgan fingerprint density at radius 2 is 1.87 bits per heavy atom. The summed E-state index contributed by atoms with van der Waals surface area (Å²) < 4.78 is 0. The zero-order valence-electron chi connectivity index (χ0n) is 12.5. The van der Waals surface area contributed by atoms with Gasteiger partial charge < -0.3 is 15.9 Å². The van der Waals surface area contributed by atoms with Gasteiger partial charge in [-0.3, -0.25) is 4.79 Å². The molecule has 120 valence electrons. The third-order valence-corrected chi connectivity index (χ3v) is 3.22. The lowest BCUT2D eigenvalue weighted by Crippen LogP contribution is -2.27. The lowest BCUT2D eigenvalue weighted by atomic mass is 10.1. The van der Waals surface area contributed by atoms with Gasteiger partial charge in [0.2, 0.25) is 0 Å². The van der Waals surface area contributed by atoms with E-state index in [1.165, 1.54) is 0 Å². The van der Waals surface area contributed by atoms with E-state index in [0.717, 1.165) is 11.1 Å². The fourth-order valence-corrected chi connectivity index (χ4v) is 2.12. The van der Waals surface area contributed by atoms with E-state index in [-0.39, 0.29) is 12.5 Å². The van der Waals surface area contributed by atoms with Gasteiger partial charge in [0.15, 0.2) is 6.61 Å². The molecule has 0 aliphatic carbocycles. The normalized spacial score (nSPS) is 11.1. The molecule has 0 fully saturated rings. The highest BCUT2D eigenvalue weighted by molar-refractivity contribution is 6.30. The average Bonchev–Trinajstić information content (AvgIpc) is 2.54. The second-order valence-corrected chi connectivity index (χ2v) is 5.36. The molecule has 1 amide bonds. The average molecular weight is 332 g/mol. The molecular formula is C17H18ClN3O2. The maximum Gasteiger partial charge on any atom is 0.261 e. The number of halogens is 1. The van der Waals surface area contributed by atoms with Crippen molar-refractivity contribution in [2.24, 2.45) is 10.9 Å². The fraction of sp³-hybridized carbons (Fsp3) is 0.176. The predicted molar refractivity (Wildman–Crippen MR) is 91.0 cm³/mol. The van der Waals surface area contributed by atoms with E-state index in [0.29, 0.717) is 23.8 Å². The van der Waals surface area contributed by atoms with Crippen LogP contribution in [0.4, 0.5) is 0 Å². The molecule has 3 N–H and O–H groups in total. The minimum absolute atomic E-state index is 0.184.